The Morgan fingerprint density at radius 3 is 2.24 bits per heavy atom. The number of Topliss-reactive ketones (excluding diaryl/α,β-unsaturated/α-hetero) is 4. The van der Waals surface area contributed by atoms with Crippen molar-refractivity contribution >= 4 is 44.8 Å². The number of phenols is 1. The van der Waals surface area contributed by atoms with Gasteiger partial charge in [-0.15, -0.1) is 0 Å². The van der Waals surface area contributed by atoms with Gasteiger partial charge in [0.25, 0.3) is 0 Å². The quantitative estimate of drug-likeness (QED) is 0.345. The molecule has 0 bridgehead atoms. The van der Waals surface area contributed by atoms with E-state index in [0.717, 1.165) is 6.26 Å². The summed E-state index contributed by atoms with van der Waals surface area (Å²) in [6.45, 7) is 0. The lowest BCUT2D eigenvalue weighted by atomic mass is 9.52. The number of aliphatic hydroxyl groups is 1. The number of nitrogens with two attached hydrogens (primary N) is 1. The number of rotatable bonds is 5. The number of aromatic hydroxyl groups is 1. The molecule has 216 valence electrons. The lowest BCUT2D eigenvalue weighted by Gasteiger charge is -2.52. The number of hydrogen-bond acceptors (Lipinski definition) is 10. The van der Waals surface area contributed by atoms with Crippen LogP contribution in [0.25, 0.3) is 11.1 Å². The summed E-state index contributed by atoms with van der Waals surface area (Å²) in [5.41, 5.74) is 4.39. The highest BCUT2D eigenvalue weighted by Crippen LogP contribution is 2.51. The van der Waals surface area contributed by atoms with Crippen LogP contribution in [0.5, 0.6) is 5.75 Å². The Morgan fingerprint density at radius 2 is 1.68 bits per heavy atom. The number of fused-ring (bicyclic) bond motifs is 3. The molecule has 2 aromatic carbocycles. The number of carbonyl (C=O) groups excluding carboxylic acids is 5. The second kappa shape index (κ2) is 9.57. The second-order valence-corrected chi connectivity index (χ2v) is 13.0. The number of carbonyl (C=O) groups is 5. The van der Waals surface area contributed by atoms with E-state index in [-0.39, 0.29) is 24.2 Å². The Kier molecular flexibility index (Phi) is 6.67. The van der Waals surface area contributed by atoms with Gasteiger partial charge in [0.1, 0.15) is 5.75 Å². The van der Waals surface area contributed by atoms with E-state index in [1.165, 1.54) is 25.1 Å². The Bertz CT molecular complexity index is 1630. The first kappa shape index (κ1) is 28.6. The predicted octanol–water partition coefficient (Wildman–Crippen LogP) is -0.0945. The van der Waals surface area contributed by atoms with Crippen LogP contribution in [0.2, 0.25) is 0 Å². The number of amides is 1. The predicted molar refractivity (Wildman–Crippen MR) is 145 cm³/mol. The number of primary amides is 1. The van der Waals surface area contributed by atoms with Crippen molar-refractivity contribution in [3.8, 4) is 16.9 Å². The van der Waals surface area contributed by atoms with Crippen LogP contribution in [-0.2, 0) is 35.6 Å². The van der Waals surface area contributed by atoms with Gasteiger partial charge >= 0.3 is 0 Å². The minimum atomic E-state index is -3.50. The minimum Gasteiger partial charge on any atom is -0.507 e. The van der Waals surface area contributed by atoms with E-state index in [1.807, 2.05) is 0 Å². The van der Waals surface area contributed by atoms with Crippen molar-refractivity contribution in [2.24, 2.45) is 29.4 Å². The summed E-state index contributed by atoms with van der Waals surface area (Å²) in [5, 5.41) is 22.4. The van der Waals surface area contributed by atoms with Gasteiger partial charge in [-0.2, -0.15) is 0 Å². The van der Waals surface area contributed by atoms with E-state index in [1.54, 1.807) is 30.3 Å². The monoisotopic (exact) mass is 583 g/mol. The smallest absolute Gasteiger partial charge is 0.235 e. The molecule has 0 heterocycles. The average Bonchev–Trinajstić information content (AvgIpc) is 2.85. The molecule has 0 spiro atoms. The highest BCUT2D eigenvalue weighted by Gasteiger charge is 2.69. The van der Waals surface area contributed by atoms with Crippen molar-refractivity contribution in [1.29, 1.82) is 0 Å². The fourth-order valence-electron chi connectivity index (χ4n) is 6.81. The molecule has 5 N–H and O–H groups in total. The van der Waals surface area contributed by atoms with E-state index < -0.39 is 74.4 Å². The van der Waals surface area contributed by atoms with Crippen molar-refractivity contribution in [2.45, 2.75) is 24.5 Å². The molecule has 6 unspecified atom stereocenters. The third kappa shape index (κ3) is 4.35. The van der Waals surface area contributed by atoms with Gasteiger partial charge in [-0.1, -0.05) is 18.2 Å². The Hall–Kier alpha value is -3.94. The molecule has 2 saturated carbocycles. The van der Waals surface area contributed by atoms with Crippen molar-refractivity contribution in [3.63, 3.8) is 0 Å². The van der Waals surface area contributed by atoms with Gasteiger partial charge in [-0.05, 0) is 67.7 Å². The Balaban J connectivity index is 1.60. The topological polar surface area (TPSA) is 201 Å². The molecule has 6 atom stereocenters. The molecular weight excluding hydrogens is 554 g/mol. The van der Waals surface area contributed by atoms with Gasteiger partial charge < -0.3 is 15.9 Å². The molecule has 0 radical (unpaired) electrons. The van der Waals surface area contributed by atoms with Gasteiger partial charge in [0.15, 0.2) is 34.7 Å². The number of likely N-dealkylation sites (N-methyl/N-ethyl adjacent to an activating group) is 1. The molecule has 3 aliphatic rings. The van der Waals surface area contributed by atoms with Gasteiger partial charge in [-0.25, -0.2) is 8.42 Å². The SMILES string of the molecule is CN(C)C1C(=O)C(C(N)=O)C(=O)C2(O)C(=O)C3C(=O)c4c(O)ccc(-c5ccc(NS(C)(=O)=O)cc5)c4CC3CC12. The van der Waals surface area contributed by atoms with Crippen LogP contribution >= 0.6 is 0 Å². The number of nitrogens with zero attached hydrogens (tertiary/aromatic N) is 1. The maximum Gasteiger partial charge on any atom is 0.235 e. The molecule has 0 saturated heterocycles. The van der Waals surface area contributed by atoms with Crippen LogP contribution in [0.3, 0.4) is 0 Å². The lowest BCUT2D eigenvalue weighted by molar-refractivity contribution is -0.181. The first-order valence-electron chi connectivity index (χ1n) is 12.9. The van der Waals surface area contributed by atoms with Crippen LogP contribution in [-0.4, -0.2) is 84.6 Å². The summed E-state index contributed by atoms with van der Waals surface area (Å²) in [5.74, 6) is -11.1. The van der Waals surface area contributed by atoms with Gasteiger partial charge in [0.2, 0.25) is 15.9 Å². The van der Waals surface area contributed by atoms with E-state index in [0.29, 0.717) is 22.4 Å². The minimum absolute atomic E-state index is 0.0593. The Labute approximate surface area is 235 Å². The molecule has 13 heteroatoms. The van der Waals surface area contributed by atoms with Crippen LogP contribution in [0.1, 0.15) is 22.3 Å². The summed E-state index contributed by atoms with van der Waals surface area (Å²) in [6, 6.07) is 8.10. The number of phenolic OH excluding ortho intramolecular Hbond substituents is 1. The molecule has 12 nitrogen and oxygen atoms in total. The highest BCUT2D eigenvalue weighted by atomic mass is 32.2. The van der Waals surface area contributed by atoms with E-state index in [2.05, 4.69) is 4.72 Å². The third-order valence-corrected chi connectivity index (χ3v) is 9.05. The van der Waals surface area contributed by atoms with Gasteiger partial charge in [0.05, 0.1) is 23.8 Å². The summed E-state index contributed by atoms with van der Waals surface area (Å²) in [4.78, 5) is 67.8. The Morgan fingerprint density at radius 1 is 1.05 bits per heavy atom. The zero-order valence-electron chi connectivity index (χ0n) is 22.5. The normalized spacial score (nSPS) is 29.5. The molecule has 5 rings (SSSR count). The van der Waals surface area contributed by atoms with E-state index >= 15 is 0 Å². The van der Waals surface area contributed by atoms with Crippen LogP contribution in [0.15, 0.2) is 36.4 Å². The van der Waals surface area contributed by atoms with Crippen LogP contribution in [0.4, 0.5) is 5.69 Å². The lowest BCUT2D eigenvalue weighted by Crippen LogP contribution is -2.74. The van der Waals surface area contributed by atoms with Crippen LogP contribution in [0, 0.1) is 23.7 Å². The average molecular weight is 584 g/mol. The first-order chi connectivity index (χ1) is 19.1. The summed E-state index contributed by atoms with van der Waals surface area (Å²) in [6.07, 6.45) is 1.07. The number of ketones is 4. The third-order valence-electron chi connectivity index (χ3n) is 8.44. The summed E-state index contributed by atoms with van der Waals surface area (Å²) < 4.78 is 25.5. The maximum absolute atomic E-state index is 13.9. The molecule has 41 heavy (non-hydrogen) atoms. The van der Waals surface area contributed by atoms with Crippen molar-refractivity contribution in [2.75, 3.05) is 25.1 Å². The molecule has 2 aromatic rings. The molecular formula is C28H29N3O9S. The van der Waals surface area contributed by atoms with E-state index in [9.17, 15) is 42.6 Å². The number of anilines is 1. The molecule has 2 fully saturated rings. The first-order valence-corrected chi connectivity index (χ1v) is 14.7. The van der Waals surface area contributed by atoms with E-state index in [4.69, 9.17) is 5.73 Å². The molecule has 0 aliphatic heterocycles. The molecule has 3 aliphatic carbocycles. The fourth-order valence-corrected chi connectivity index (χ4v) is 7.37. The van der Waals surface area contributed by atoms with Crippen LogP contribution < -0.4 is 10.5 Å². The maximum atomic E-state index is 13.9. The molecule has 0 aromatic heterocycles. The van der Waals surface area contributed by atoms with Gasteiger partial charge in [0, 0.05) is 11.6 Å². The van der Waals surface area contributed by atoms with Crippen molar-refractivity contribution in [3.05, 3.63) is 47.5 Å². The number of benzene rings is 2. The fraction of sp³-hybridized carbons (Fsp3) is 0.393. The number of sulfonamides is 1. The second-order valence-electron chi connectivity index (χ2n) is 11.2. The van der Waals surface area contributed by atoms with Gasteiger partial charge in [-0.3, -0.25) is 33.6 Å². The summed E-state index contributed by atoms with van der Waals surface area (Å²) >= 11 is 0. The van der Waals surface area contributed by atoms with Crippen molar-refractivity contribution < 1.29 is 42.6 Å². The molecule has 1 amide bonds. The largest absolute Gasteiger partial charge is 0.507 e. The summed E-state index contributed by atoms with van der Waals surface area (Å²) in [7, 11) is -0.457. The van der Waals surface area contributed by atoms with Crippen molar-refractivity contribution in [1.82, 2.24) is 4.90 Å². The zero-order chi connectivity index (χ0) is 30.2. The highest BCUT2D eigenvalue weighted by molar-refractivity contribution is 7.92. The standard InChI is InChI=1S/C28H29N3O9S/c1-31(2)22-17-11-13-10-16-15(12-4-6-14(7-5-12)30-41(3,39)40)8-9-18(32)20(16)23(33)19(13)25(35)28(17,38)26(36)21(24(22)34)27(29)37/h4-9,13,17,19,21-22,30,32,38H,10-11H2,1-3H3,(H2,29,37). The zero-order valence-corrected chi connectivity index (χ0v) is 23.3. The number of nitrogens with one attached hydrogen (secondary N) is 1. The number of hydrogen-bond donors (Lipinski definition) is 4.